The van der Waals surface area contributed by atoms with Crippen molar-refractivity contribution in [3.8, 4) is 18.1 Å². The van der Waals surface area contributed by atoms with E-state index in [1.165, 1.54) is 6.07 Å². The van der Waals surface area contributed by atoms with Gasteiger partial charge in [-0.15, -0.1) is 6.42 Å². The number of terminal acetylenes is 1. The van der Waals surface area contributed by atoms with Gasteiger partial charge >= 0.3 is 0 Å². The summed E-state index contributed by atoms with van der Waals surface area (Å²) in [5, 5.41) is 14.3. The number of nitrogens with one attached hydrogen (secondary N) is 1. The van der Waals surface area contributed by atoms with Crippen molar-refractivity contribution in [3.05, 3.63) is 66.5 Å². The fourth-order valence-electron chi connectivity index (χ4n) is 2.70. The first-order valence-electron chi connectivity index (χ1n) is 8.69. The maximum absolute atomic E-state index is 12.4. The number of aliphatic imine (C=N–C) groups is 1. The highest BCUT2D eigenvalue weighted by Crippen LogP contribution is 2.33. The van der Waals surface area contributed by atoms with Crippen molar-refractivity contribution in [2.75, 3.05) is 6.61 Å². The molecule has 1 amide bonds. The summed E-state index contributed by atoms with van der Waals surface area (Å²) in [4.78, 5) is 28.0. The molecule has 0 radical (unpaired) electrons. The van der Waals surface area contributed by atoms with Crippen molar-refractivity contribution >= 4 is 56.2 Å². The second kappa shape index (κ2) is 9.15. The molecule has 1 aliphatic heterocycles. The van der Waals surface area contributed by atoms with E-state index in [9.17, 15) is 14.9 Å². The molecule has 7 nitrogen and oxygen atoms in total. The number of ether oxygens (including phenoxy) is 1. The molecule has 3 rings (SSSR count). The Morgan fingerprint density at radius 2 is 2.13 bits per heavy atom. The lowest BCUT2D eigenvalue weighted by Crippen LogP contribution is -2.19. The summed E-state index contributed by atoms with van der Waals surface area (Å²) in [7, 11) is 0. The van der Waals surface area contributed by atoms with Gasteiger partial charge in [0.05, 0.1) is 15.5 Å². The van der Waals surface area contributed by atoms with Crippen LogP contribution in [0, 0.1) is 36.3 Å². The Balaban J connectivity index is 1.92. The Morgan fingerprint density at radius 1 is 1.37 bits per heavy atom. The number of aryl methyl sites for hydroxylation is 1. The van der Waals surface area contributed by atoms with E-state index in [2.05, 4.69) is 32.2 Å². The standard InChI is InChI=1S/C21H16BrN3O4S/c1-4-7-29-18-6-5-15(22)9-14(18)10-19-20(26)24-21(30-19)23-16-8-12(2)13(3)17(11-16)25(27)28/h1,5-6,8-11H,7H2,2-3H3,(H,23,24,26)/b19-10-. The van der Waals surface area contributed by atoms with Crippen LogP contribution in [-0.2, 0) is 4.79 Å². The number of thioether (sulfide) groups is 1. The number of hydrogen-bond donors (Lipinski definition) is 1. The molecule has 2 aromatic rings. The van der Waals surface area contributed by atoms with E-state index < -0.39 is 4.92 Å². The number of halogens is 1. The van der Waals surface area contributed by atoms with Crippen LogP contribution < -0.4 is 10.1 Å². The van der Waals surface area contributed by atoms with Crippen LogP contribution in [0.3, 0.4) is 0 Å². The maximum Gasteiger partial charge on any atom is 0.274 e. The molecule has 0 aliphatic carbocycles. The summed E-state index contributed by atoms with van der Waals surface area (Å²) in [5.41, 5.74) is 2.40. The Bertz CT molecular complexity index is 1150. The summed E-state index contributed by atoms with van der Waals surface area (Å²) >= 11 is 4.55. The van der Waals surface area contributed by atoms with Crippen molar-refractivity contribution in [1.82, 2.24) is 5.32 Å². The third-order valence-corrected chi connectivity index (χ3v) is 5.68. The number of nitrogens with zero attached hydrogens (tertiary/aromatic N) is 2. The Morgan fingerprint density at radius 3 is 2.83 bits per heavy atom. The van der Waals surface area contributed by atoms with Crippen LogP contribution in [0.1, 0.15) is 16.7 Å². The molecule has 1 heterocycles. The van der Waals surface area contributed by atoms with Crippen molar-refractivity contribution in [1.29, 1.82) is 0 Å². The zero-order valence-corrected chi connectivity index (χ0v) is 18.5. The predicted molar refractivity (Wildman–Crippen MR) is 122 cm³/mol. The zero-order valence-electron chi connectivity index (χ0n) is 16.1. The zero-order chi connectivity index (χ0) is 21.8. The van der Waals surface area contributed by atoms with E-state index >= 15 is 0 Å². The van der Waals surface area contributed by atoms with Crippen molar-refractivity contribution < 1.29 is 14.5 Å². The number of carbonyl (C=O) groups is 1. The van der Waals surface area contributed by atoms with Crippen LogP contribution in [0.4, 0.5) is 11.4 Å². The topological polar surface area (TPSA) is 93.8 Å². The molecule has 1 N–H and O–H groups in total. The summed E-state index contributed by atoms with van der Waals surface area (Å²) in [5.74, 6) is 2.64. The van der Waals surface area contributed by atoms with Crippen LogP contribution in [0.25, 0.3) is 6.08 Å². The first-order valence-corrected chi connectivity index (χ1v) is 10.3. The first-order chi connectivity index (χ1) is 14.3. The lowest BCUT2D eigenvalue weighted by molar-refractivity contribution is -0.385. The molecule has 0 saturated carbocycles. The second-order valence-corrected chi connectivity index (χ2v) is 8.27. The molecule has 1 fully saturated rings. The molecule has 152 valence electrons. The third-order valence-electron chi connectivity index (χ3n) is 4.27. The molecule has 30 heavy (non-hydrogen) atoms. The van der Waals surface area contributed by atoms with Gasteiger partial charge in [0.25, 0.3) is 11.6 Å². The van der Waals surface area contributed by atoms with Gasteiger partial charge in [0, 0.05) is 21.7 Å². The van der Waals surface area contributed by atoms with Crippen LogP contribution >= 0.6 is 27.7 Å². The number of amides is 1. The highest BCUT2D eigenvalue weighted by atomic mass is 79.9. The van der Waals surface area contributed by atoms with Crippen molar-refractivity contribution in [2.45, 2.75) is 13.8 Å². The van der Waals surface area contributed by atoms with Gasteiger partial charge in [0.15, 0.2) is 5.17 Å². The number of benzene rings is 2. The molecule has 9 heteroatoms. The summed E-state index contributed by atoms with van der Waals surface area (Å²) < 4.78 is 6.35. The monoisotopic (exact) mass is 485 g/mol. The van der Waals surface area contributed by atoms with Crippen LogP contribution in [0.15, 0.2) is 44.7 Å². The van der Waals surface area contributed by atoms with Gasteiger partial charge in [-0.3, -0.25) is 14.9 Å². The summed E-state index contributed by atoms with van der Waals surface area (Å²) in [6, 6.07) is 8.52. The average molecular weight is 486 g/mol. The quantitative estimate of drug-likeness (QED) is 0.282. The smallest absolute Gasteiger partial charge is 0.274 e. The molecular weight excluding hydrogens is 470 g/mol. The Hall–Kier alpha value is -3.09. The van der Waals surface area contributed by atoms with E-state index in [-0.39, 0.29) is 18.2 Å². The lowest BCUT2D eigenvalue weighted by Gasteiger charge is -2.07. The van der Waals surface area contributed by atoms with E-state index in [4.69, 9.17) is 11.2 Å². The Kier molecular flexibility index (Phi) is 6.59. The highest BCUT2D eigenvalue weighted by molar-refractivity contribution is 9.10. The minimum atomic E-state index is -0.442. The highest BCUT2D eigenvalue weighted by Gasteiger charge is 2.25. The summed E-state index contributed by atoms with van der Waals surface area (Å²) in [6.07, 6.45) is 6.94. The van der Waals surface area contributed by atoms with Gasteiger partial charge in [-0.2, -0.15) is 0 Å². The van der Waals surface area contributed by atoms with Crippen LogP contribution in [0.2, 0.25) is 0 Å². The fourth-order valence-corrected chi connectivity index (χ4v) is 3.91. The Labute approximate surface area is 185 Å². The van der Waals surface area contributed by atoms with E-state index in [1.807, 2.05) is 12.1 Å². The number of hydrogen-bond acceptors (Lipinski definition) is 6. The number of nitro benzene ring substituents is 1. The van der Waals surface area contributed by atoms with Gasteiger partial charge in [-0.05, 0) is 61.5 Å². The van der Waals surface area contributed by atoms with E-state index in [0.29, 0.717) is 32.6 Å². The van der Waals surface area contributed by atoms with Gasteiger partial charge in [-0.1, -0.05) is 21.9 Å². The van der Waals surface area contributed by atoms with Crippen LogP contribution in [-0.4, -0.2) is 22.6 Å². The average Bonchev–Trinajstić information content (AvgIpc) is 3.02. The molecule has 0 bridgehead atoms. The maximum atomic E-state index is 12.4. The molecule has 1 saturated heterocycles. The fraction of sp³-hybridized carbons (Fsp3) is 0.143. The lowest BCUT2D eigenvalue weighted by atomic mass is 10.1. The van der Waals surface area contributed by atoms with Crippen molar-refractivity contribution in [2.24, 2.45) is 4.99 Å². The van der Waals surface area contributed by atoms with Crippen molar-refractivity contribution in [3.63, 3.8) is 0 Å². The molecule has 2 aromatic carbocycles. The molecule has 0 aromatic heterocycles. The largest absolute Gasteiger partial charge is 0.480 e. The number of rotatable bonds is 5. The normalized spacial score (nSPS) is 15.9. The molecule has 1 aliphatic rings. The number of carbonyl (C=O) groups excluding carboxylic acids is 1. The second-order valence-electron chi connectivity index (χ2n) is 6.32. The molecule has 0 unspecified atom stereocenters. The number of nitro groups is 1. The SMILES string of the molecule is C#CCOc1ccc(Br)cc1/C=C1\SC(=Nc2cc(C)c(C)c([N+](=O)[O-])c2)NC1=O. The predicted octanol–water partition coefficient (Wildman–Crippen LogP) is 4.88. The van der Waals surface area contributed by atoms with Crippen LogP contribution in [0.5, 0.6) is 5.75 Å². The van der Waals surface area contributed by atoms with E-state index in [0.717, 1.165) is 21.8 Å². The number of amidine groups is 1. The minimum absolute atomic E-state index is 0.0103. The van der Waals surface area contributed by atoms with Gasteiger partial charge in [-0.25, -0.2) is 4.99 Å². The molecular formula is C21H16BrN3O4S. The molecule has 0 spiro atoms. The summed E-state index contributed by atoms with van der Waals surface area (Å²) in [6.45, 7) is 3.58. The molecule has 0 atom stereocenters. The first kappa shape index (κ1) is 21.6. The van der Waals surface area contributed by atoms with Gasteiger partial charge in [0.1, 0.15) is 12.4 Å². The third kappa shape index (κ3) is 4.90. The van der Waals surface area contributed by atoms with Gasteiger partial charge in [0.2, 0.25) is 0 Å². The van der Waals surface area contributed by atoms with E-state index in [1.54, 1.807) is 32.1 Å². The van der Waals surface area contributed by atoms with Gasteiger partial charge < -0.3 is 10.1 Å². The minimum Gasteiger partial charge on any atom is -0.480 e.